The van der Waals surface area contributed by atoms with Crippen molar-refractivity contribution in [3.63, 3.8) is 0 Å². The number of hydrogen-bond acceptors (Lipinski definition) is 3. The normalized spacial score (nSPS) is 24.0. The number of carbonyl (C=O) groups excluding carboxylic acids is 2. The molecule has 132 valence electrons. The van der Waals surface area contributed by atoms with E-state index < -0.39 is 5.41 Å². The molecule has 1 aromatic rings. The molecule has 1 fully saturated rings. The van der Waals surface area contributed by atoms with E-state index in [9.17, 15) is 9.59 Å². The third-order valence-corrected chi connectivity index (χ3v) is 5.38. The summed E-state index contributed by atoms with van der Waals surface area (Å²) in [7, 11) is 0. The molecule has 2 atom stereocenters. The van der Waals surface area contributed by atoms with Crippen LogP contribution >= 0.6 is 0 Å². The van der Waals surface area contributed by atoms with Gasteiger partial charge in [0.15, 0.2) is 0 Å². The Labute approximate surface area is 145 Å². The number of piperidine rings is 1. The first kappa shape index (κ1) is 18.6. The maximum Gasteiger partial charge on any atom is 0.237 e. The van der Waals surface area contributed by atoms with E-state index in [0.29, 0.717) is 12.8 Å². The molecule has 0 aliphatic carbocycles. The maximum absolute atomic E-state index is 12.6. The van der Waals surface area contributed by atoms with Crippen LogP contribution < -0.4 is 5.32 Å². The molecule has 1 aliphatic heterocycles. The van der Waals surface area contributed by atoms with E-state index in [1.54, 1.807) is 12.4 Å². The van der Waals surface area contributed by atoms with Crippen LogP contribution in [0.4, 0.5) is 0 Å². The third kappa shape index (κ3) is 4.22. The first-order valence-corrected chi connectivity index (χ1v) is 9.40. The predicted octanol–water partition coefficient (Wildman–Crippen LogP) is 4.14. The lowest BCUT2D eigenvalue weighted by Crippen LogP contribution is -2.55. The Hall–Kier alpha value is -1.71. The topological polar surface area (TPSA) is 59.1 Å². The average Bonchev–Trinajstić information content (AvgIpc) is 2.60. The summed E-state index contributed by atoms with van der Waals surface area (Å²) in [5.74, 6) is -0.311. The van der Waals surface area contributed by atoms with Crippen LogP contribution in [0.2, 0.25) is 0 Å². The molecular formula is C20H30N2O2. The van der Waals surface area contributed by atoms with Crippen LogP contribution in [-0.4, -0.2) is 16.8 Å². The minimum atomic E-state index is -0.594. The predicted molar refractivity (Wildman–Crippen MR) is 95.5 cm³/mol. The first-order valence-electron chi connectivity index (χ1n) is 9.40. The molecule has 1 N–H and O–H groups in total. The van der Waals surface area contributed by atoms with Gasteiger partial charge >= 0.3 is 0 Å². The highest BCUT2D eigenvalue weighted by Crippen LogP contribution is 2.39. The highest BCUT2D eigenvalue weighted by molar-refractivity contribution is 6.04. The highest BCUT2D eigenvalue weighted by Gasteiger charge is 2.46. The van der Waals surface area contributed by atoms with Gasteiger partial charge in [0, 0.05) is 18.3 Å². The number of nitrogens with zero attached hydrogens (tertiary/aromatic N) is 1. The van der Waals surface area contributed by atoms with Crippen molar-refractivity contribution in [2.45, 2.75) is 77.0 Å². The van der Waals surface area contributed by atoms with Crippen LogP contribution in [-0.2, 0) is 15.0 Å². The van der Waals surface area contributed by atoms with Gasteiger partial charge in [0.1, 0.15) is 0 Å². The lowest BCUT2D eigenvalue weighted by atomic mass is 9.68. The molecule has 0 bridgehead atoms. The molecule has 2 amide bonds. The van der Waals surface area contributed by atoms with Crippen molar-refractivity contribution in [3.05, 3.63) is 30.1 Å². The van der Waals surface area contributed by atoms with Gasteiger partial charge in [-0.05, 0) is 37.0 Å². The number of hydrogen-bond donors (Lipinski definition) is 1. The van der Waals surface area contributed by atoms with Crippen molar-refractivity contribution in [1.29, 1.82) is 0 Å². The zero-order chi connectivity index (χ0) is 17.4. The van der Waals surface area contributed by atoms with Gasteiger partial charge in [0.05, 0.1) is 5.41 Å². The molecule has 0 unspecified atom stereocenters. The van der Waals surface area contributed by atoms with Crippen LogP contribution in [0, 0.1) is 5.92 Å². The average molecular weight is 330 g/mol. The van der Waals surface area contributed by atoms with Gasteiger partial charge in [-0.1, -0.05) is 52.4 Å². The Morgan fingerprint density at radius 2 is 1.75 bits per heavy atom. The van der Waals surface area contributed by atoms with Crippen molar-refractivity contribution in [1.82, 2.24) is 10.3 Å². The summed E-state index contributed by atoms with van der Waals surface area (Å²) >= 11 is 0. The zero-order valence-corrected chi connectivity index (χ0v) is 15.0. The number of unbranched alkanes of at least 4 members (excludes halogenated alkanes) is 5. The van der Waals surface area contributed by atoms with Crippen LogP contribution in [0.15, 0.2) is 24.5 Å². The van der Waals surface area contributed by atoms with Crippen molar-refractivity contribution < 1.29 is 9.59 Å². The van der Waals surface area contributed by atoms with Crippen LogP contribution in [0.3, 0.4) is 0 Å². The number of amides is 2. The monoisotopic (exact) mass is 330 g/mol. The summed E-state index contributed by atoms with van der Waals surface area (Å²) < 4.78 is 0. The molecule has 4 heteroatoms. The fraction of sp³-hybridized carbons (Fsp3) is 0.650. The summed E-state index contributed by atoms with van der Waals surface area (Å²) in [5, 5.41) is 2.63. The second-order valence-corrected chi connectivity index (χ2v) is 6.95. The van der Waals surface area contributed by atoms with Gasteiger partial charge in [-0.25, -0.2) is 0 Å². The number of aromatic nitrogens is 1. The van der Waals surface area contributed by atoms with Crippen molar-refractivity contribution >= 4 is 11.8 Å². The summed E-state index contributed by atoms with van der Waals surface area (Å²) in [6.07, 6.45) is 12.9. The minimum absolute atomic E-state index is 0.0676. The van der Waals surface area contributed by atoms with Gasteiger partial charge in [0.25, 0.3) is 0 Å². The van der Waals surface area contributed by atoms with Gasteiger partial charge in [-0.15, -0.1) is 0 Å². The van der Waals surface area contributed by atoms with Gasteiger partial charge < -0.3 is 0 Å². The molecule has 0 radical (unpaired) electrons. The highest BCUT2D eigenvalue weighted by atomic mass is 16.2. The minimum Gasteiger partial charge on any atom is -0.295 e. The molecule has 2 heterocycles. The number of nitrogens with one attached hydrogen (secondary N) is 1. The number of imide groups is 1. The van der Waals surface area contributed by atoms with E-state index in [0.717, 1.165) is 18.4 Å². The standard InChI is InChI=1S/C20H30N2O2/c1-3-5-6-7-8-9-10-16-15-20(4-2,19(24)22-18(16)23)17-11-13-21-14-12-17/h11-14,16H,3-10,15H2,1-2H3,(H,22,23,24)/t16-,20-/m0/s1. The van der Waals surface area contributed by atoms with Gasteiger partial charge in [-0.3, -0.25) is 19.9 Å². The smallest absolute Gasteiger partial charge is 0.237 e. The van der Waals surface area contributed by atoms with Crippen LogP contribution in [0.1, 0.15) is 77.2 Å². The molecule has 2 rings (SSSR count). The Morgan fingerprint density at radius 1 is 1.08 bits per heavy atom. The maximum atomic E-state index is 12.6. The SMILES string of the molecule is CCCCCCCC[C@H]1C[C@@](CC)(c2ccncc2)C(=O)NC1=O. The fourth-order valence-electron chi connectivity index (χ4n) is 3.77. The molecule has 4 nitrogen and oxygen atoms in total. The summed E-state index contributed by atoms with van der Waals surface area (Å²) in [6, 6.07) is 3.81. The van der Waals surface area contributed by atoms with Gasteiger partial charge in [-0.2, -0.15) is 0 Å². The Balaban J connectivity index is 2.00. The lowest BCUT2D eigenvalue weighted by molar-refractivity contribution is -0.141. The van der Waals surface area contributed by atoms with E-state index >= 15 is 0 Å². The summed E-state index contributed by atoms with van der Waals surface area (Å²) in [6.45, 7) is 4.24. The largest absolute Gasteiger partial charge is 0.295 e. The molecular weight excluding hydrogens is 300 g/mol. The van der Waals surface area contributed by atoms with Crippen LogP contribution in [0.25, 0.3) is 0 Å². The van der Waals surface area contributed by atoms with Crippen molar-refractivity contribution in [3.8, 4) is 0 Å². The third-order valence-electron chi connectivity index (χ3n) is 5.38. The Bertz CT molecular complexity index is 544. The second-order valence-electron chi connectivity index (χ2n) is 6.95. The zero-order valence-electron chi connectivity index (χ0n) is 15.0. The van der Waals surface area contributed by atoms with Crippen LogP contribution in [0.5, 0.6) is 0 Å². The van der Waals surface area contributed by atoms with E-state index in [-0.39, 0.29) is 17.7 Å². The quantitative estimate of drug-likeness (QED) is 0.547. The Morgan fingerprint density at radius 3 is 2.42 bits per heavy atom. The van der Waals surface area contributed by atoms with Gasteiger partial charge in [0.2, 0.25) is 11.8 Å². The first-order chi connectivity index (χ1) is 11.6. The molecule has 0 saturated carbocycles. The fourth-order valence-corrected chi connectivity index (χ4v) is 3.77. The van der Waals surface area contributed by atoms with E-state index in [2.05, 4.69) is 17.2 Å². The summed E-state index contributed by atoms with van der Waals surface area (Å²) in [5.41, 5.74) is 0.377. The molecule has 0 spiro atoms. The number of pyridine rings is 1. The molecule has 1 saturated heterocycles. The van der Waals surface area contributed by atoms with Crippen molar-refractivity contribution in [2.75, 3.05) is 0 Å². The number of carbonyl (C=O) groups is 2. The van der Waals surface area contributed by atoms with E-state index in [4.69, 9.17) is 0 Å². The second kappa shape index (κ2) is 8.95. The summed E-state index contributed by atoms with van der Waals surface area (Å²) in [4.78, 5) is 28.9. The Kier molecular flexibility index (Phi) is 6.95. The van der Waals surface area contributed by atoms with E-state index in [1.807, 2.05) is 19.1 Å². The molecule has 1 aliphatic rings. The molecule has 0 aromatic carbocycles. The van der Waals surface area contributed by atoms with Crippen molar-refractivity contribution in [2.24, 2.45) is 5.92 Å². The molecule has 1 aromatic heterocycles. The van der Waals surface area contributed by atoms with E-state index in [1.165, 1.54) is 32.1 Å². The lowest BCUT2D eigenvalue weighted by Gasteiger charge is -2.38. The number of rotatable bonds is 9. The molecule has 24 heavy (non-hydrogen) atoms.